The first-order valence-electron chi connectivity index (χ1n) is 8.47. The molecule has 0 amide bonds. The smallest absolute Gasteiger partial charge is 0.322 e. The lowest BCUT2D eigenvalue weighted by atomic mass is 9.85. The predicted molar refractivity (Wildman–Crippen MR) is 84.1 cm³/mol. The minimum Gasteiger partial charge on any atom is -0.480 e. The van der Waals surface area contributed by atoms with Crippen LogP contribution in [0.1, 0.15) is 46.0 Å². The molecule has 0 bridgehead atoms. The molecular weight excluding hydrogens is 320 g/mol. The Labute approximate surface area is 137 Å². The van der Waals surface area contributed by atoms with E-state index < -0.39 is 22.2 Å². The monoisotopic (exact) mass is 346 g/mol. The Morgan fingerprint density at radius 2 is 1.74 bits per heavy atom. The van der Waals surface area contributed by atoms with Crippen LogP contribution in [-0.2, 0) is 19.7 Å². The molecule has 23 heavy (non-hydrogen) atoms. The van der Waals surface area contributed by atoms with E-state index in [1.54, 1.807) is 0 Å². The SMILES string of the molecule is CC1CN(S(=O)(=O)N2C(C(=O)O)CC3CCCCC32)CC(C)O1. The van der Waals surface area contributed by atoms with Gasteiger partial charge in [0.05, 0.1) is 12.2 Å². The van der Waals surface area contributed by atoms with Gasteiger partial charge in [0.15, 0.2) is 0 Å². The number of nitrogens with zero attached hydrogens (tertiary/aromatic N) is 2. The predicted octanol–water partition coefficient (Wildman–Crippen LogP) is 1.06. The zero-order valence-corrected chi connectivity index (χ0v) is 14.5. The van der Waals surface area contributed by atoms with Gasteiger partial charge in [-0.25, -0.2) is 0 Å². The molecule has 3 aliphatic rings. The van der Waals surface area contributed by atoms with Gasteiger partial charge in [0.25, 0.3) is 10.2 Å². The molecule has 0 radical (unpaired) electrons. The van der Waals surface area contributed by atoms with Crippen LogP contribution in [-0.4, -0.2) is 65.5 Å². The Morgan fingerprint density at radius 1 is 1.13 bits per heavy atom. The summed E-state index contributed by atoms with van der Waals surface area (Å²) < 4.78 is 34.7. The molecule has 7 nitrogen and oxygen atoms in total. The van der Waals surface area contributed by atoms with Gasteiger partial charge in [0, 0.05) is 19.1 Å². The molecule has 0 aromatic heterocycles. The maximum Gasteiger partial charge on any atom is 0.322 e. The van der Waals surface area contributed by atoms with Crippen LogP contribution < -0.4 is 0 Å². The van der Waals surface area contributed by atoms with Crippen LogP contribution in [0.5, 0.6) is 0 Å². The molecule has 1 saturated carbocycles. The van der Waals surface area contributed by atoms with E-state index in [1.807, 2.05) is 13.8 Å². The van der Waals surface area contributed by atoms with E-state index >= 15 is 0 Å². The van der Waals surface area contributed by atoms with Crippen molar-refractivity contribution in [3.05, 3.63) is 0 Å². The lowest BCUT2D eigenvalue weighted by molar-refractivity contribution is -0.141. The third kappa shape index (κ3) is 3.14. The highest BCUT2D eigenvalue weighted by Crippen LogP contribution is 2.42. The number of fused-ring (bicyclic) bond motifs is 1. The van der Waals surface area contributed by atoms with Crippen LogP contribution in [0.3, 0.4) is 0 Å². The third-order valence-corrected chi connectivity index (χ3v) is 7.30. The number of ether oxygens (including phenoxy) is 1. The van der Waals surface area contributed by atoms with Crippen molar-refractivity contribution in [1.82, 2.24) is 8.61 Å². The quantitative estimate of drug-likeness (QED) is 0.825. The molecular formula is C15H26N2O5S. The fourth-order valence-electron chi connectivity index (χ4n) is 4.41. The van der Waals surface area contributed by atoms with Gasteiger partial charge < -0.3 is 9.84 Å². The molecule has 5 atom stereocenters. The Balaban J connectivity index is 1.90. The second-order valence-corrected chi connectivity index (χ2v) is 8.95. The highest BCUT2D eigenvalue weighted by Gasteiger charge is 2.52. The van der Waals surface area contributed by atoms with E-state index in [0.717, 1.165) is 25.7 Å². The summed E-state index contributed by atoms with van der Waals surface area (Å²) in [6.07, 6.45) is 3.81. The molecule has 132 valence electrons. The van der Waals surface area contributed by atoms with Crippen LogP contribution in [0.4, 0.5) is 0 Å². The second-order valence-electron chi connectivity index (χ2n) is 7.11. The standard InChI is InChI=1S/C15H26N2O5S/c1-10-8-16(9-11(2)22-10)23(20,21)17-13-6-4-3-5-12(13)7-14(17)15(18)19/h10-14H,3-9H2,1-2H3,(H,18,19). The van der Waals surface area contributed by atoms with Crippen molar-refractivity contribution in [2.45, 2.75) is 70.2 Å². The van der Waals surface area contributed by atoms with E-state index in [9.17, 15) is 18.3 Å². The first kappa shape index (κ1) is 17.1. The van der Waals surface area contributed by atoms with Gasteiger partial charge in [-0.15, -0.1) is 0 Å². The number of rotatable bonds is 3. The normalized spacial score (nSPS) is 40.0. The summed E-state index contributed by atoms with van der Waals surface area (Å²) in [6, 6.07) is -1.09. The average Bonchev–Trinajstić information content (AvgIpc) is 2.86. The van der Waals surface area contributed by atoms with Crippen LogP contribution >= 0.6 is 0 Å². The molecule has 2 aliphatic heterocycles. The van der Waals surface area contributed by atoms with Crippen molar-refractivity contribution in [3.8, 4) is 0 Å². The van der Waals surface area contributed by atoms with E-state index in [-0.39, 0.29) is 37.3 Å². The number of carbonyl (C=O) groups is 1. The third-order valence-electron chi connectivity index (χ3n) is 5.29. The minimum atomic E-state index is -3.79. The lowest BCUT2D eigenvalue weighted by Crippen LogP contribution is -2.57. The second kappa shape index (κ2) is 6.31. The Morgan fingerprint density at radius 3 is 2.35 bits per heavy atom. The number of aliphatic carboxylic acids is 1. The molecule has 3 fully saturated rings. The molecule has 0 spiro atoms. The largest absolute Gasteiger partial charge is 0.480 e. The van der Waals surface area contributed by atoms with Gasteiger partial charge in [0.2, 0.25) is 0 Å². The summed E-state index contributed by atoms with van der Waals surface area (Å²) in [5.41, 5.74) is 0. The zero-order chi connectivity index (χ0) is 16.8. The molecule has 0 aromatic carbocycles. The summed E-state index contributed by atoms with van der Waals surface area (Å²) in [4.78, 5) is 11.7. The maximum absolute atomic E-state index is 13.2. The number of carboxylic acid groups (broad SMARTS) is 1. The van der Waals surface area contributed by atoms with E-state index in [4.69, 9.17) is 4.74 Å². The highest BCUT2D eigenvalue weighted by molar-refractivity contribution is 7.86. The van der Waals surface area contributed by atoms with Crippen LogP contribution in [0, 0.1) is 5.92 Å². The van der Waals surface area contributed by atoms with Crippen LogP contribution in [0.15, 0.2) is 0 Å². The molecule has 5 unspecified atom stereocenters. The number of hydrogen-bond donors (Lipinski definition) is 1. The van der Waals surface area contributed by atoms with Crippen molar-refractivity contribution in [2.24, 2.45) is 5.92 Å². The molecule has 3 rings (SSSR count). The topological polar surface area (TPSA) is 87.2 Å². The fourth-order valence-corrected chi connectivity index (χ4v) is 6.59. The number of carboxylic acids is 1. The van der Waals surface area contributed by atoms with Gasteiger partial charge in [-0.3, -0.25) is 4.79 Å². The summed E-state index contributed by atoms with van der Waals surface area (Å²) in [7, 11) is -3.79. The maximum atomic E-state index is 13.2. The first-order valence-corrected chi connectivity index (χ1v) is 9.87. The van der Waals surface area contributed by atoms with Crippen molar-refractivity contribution in [2.75, 3.05) is 13.1 Å². The van der Waals surface area contributed by atoms with E-state index in [1.165, 1.54) is 8.61 Å². The number of morpholine rings is 1. The van der Waals surface area contributed by atoms with Crippen LogP contribution in [0.2, 0.25) is 0 Å². The van der Waals surface area contributed by atoms with Gasteiger partial charge in [-0.05, 0) is 39.0 Å². The molecule has 2 saturated heterocycles. The zero-order valence-electron chi connectivity index (χ0n) is 13.7. The summed E-state index contributed by atoms with van der Waals surface area (Å²) in [5, 5.41) is 9.55. The van der Waals surface area contributed by atoms with Gasteiger partial charge in [-0.1, -0.05) is 12.8 Å². The fraction of sp³-hybridized carbons (Fsp3) is 0.933. The van der Waals surface area contributed by atoms with Crippen molar-refractivity contribution < 1.29 is 23.1 Å². The highest BCUT2D eigenvalue weighted by atomic mass is 32.2. The van der Waals surface area contributed by atoms with Crippen molar-refractivity contribution in [3.63, 3.8) is 0 Å². The van der Waals surface area contributed by atoms with E-state index in [2.05, 4.69) is 0 Å². The first-order chi connectivity index (χ1) is 10.8. The summed E-state index contributed by atoms with van der Waals surface area (Å²) in [6.45, 7) is 4.26. The summed E-state index contributed by atoms with van der Waals surface area (Å²) >= 11 is 0. The number of hydrogen-bond acceptors (Lipinski definition) is 4. The molecule has 8 heteroatoms. The van der Waals surface area contributed by atoms with Gasteiger partial charge in [0.1, 0.15) is 6.04 Å². The molecule has 2 heterocycles. The van der Waals surface area contributed by atoms with Crippen LogP contribution in [0.25, 0.3) is 0 Å². The van der Waals surface area contributed by atoms with Gasteiger partial charge >= 0.3 is 5.97 Å². The lowest BCUT2D eigenvalue weighted by Gasteiger charge is -2.40. The average molecular weight is 346 g/mol. The summed E-state index contributed by atoms with van der Waals surface area (Å²) in [5.74, 6) is -0.854. The van der Waals surface area contributed by atoms with Crippen molar-refractivity contribution in [1.29, 1.82) is 0 Å². The minimum absolute atomic E-state index is 0.164. The van der Waals surface area contributed by atoms with E-state index in [0.29, 0.717) is 6.42 Å². The molecule has 0 aromatic rings. The molecule has 1 aliphatic carbocycles. The van der Waals surface area contributed by atoms with Gasteiger partial charge in [-0.2, -0.15) is 17.0 Å². The Kier molecular flexibility index (Phi) is 4.70. The van der Waals surface area contributed by atoms with Crippen molar-refractivity contribution >= 4 is 16.2 Å². The molecule has 1 N–H and O–H groups in total. The Bertz CT molecular complexity index is 556. The Hall–Kier alpha value is -0.700.